The predicted octanol–water partition coefficient (Wildman–Crippen LogP) is 6.58. The molecule has 1 aliphatic rings. The van der Waals surface area contributed by atoms with Gasteiger partial charge in [0.2, 0.25) is 0 Å². The summed E-state index contributed by atoms with van der Waals surface area (Å²) in [7, 11) is -3.70. The fourth-order valence-electron chi connectivity index (χ4n) is 3.93. The summed E-state index contributed by atoms with van der Waals surface area (Å²) < 4.78 is 37.6. The standard InChI is InChI=1S/C24H31BrO4S/c1-17-7-15-22(16-8-17)30(26,27)29-18(2)9-10-20-11-13-21(14-12-20)28-24-6-4-5-23(25)19(24)3/h4-8,15-16,18,20-21H,9-14H2,1-3H3. The molecule has 0 saturated heterocycles. The van der Waals surface area contributed by atoms with Crippen molar-refractivity contribution < 1.29 is 17.3 Å². The van der Waals surface area contributed by atoms with Crippen LogP contribution in [-0.2, 0) is 14.3 Å². The predicted molar refractivity (Wildman–Crippen MR) is 123 cm³/mol. The zero-order valence-corrected chi connectivity index (χ0v) is 20.3. The van der Waals surface area contributed by atoms with E-state index < -0.39 is 10.1 Å². The molecule has 164 valence electrons. The van der Waals surface area contributed by atoms with Crippen molar-refractivity contribution in [2.75, 3.05) is 0 Å². The van der Waals surface area contributed by atoms with Gasteiger partial charge < -0.3 is 4.74 Å². The van der Waals surface area contributed by atoms with Gasteiger partial charge in [-0.15, -0.1) is 0 Å². The Morgan fingerprint density at radius 1 is 1.03 bits per heavy atom. The zero-order valence-electron chi connectivity index (χ0n) is 17.9. The van der Waals surface area contributed by atoms with Crippen LogP contribution in [0.2, 0.25) is 0 Å². The fourth-order valence-corrected chi connectivity index (χ4v) is 5.39. The number of rotatable bonds is 8. The average Bonchev–Trinajstić information content (AvgIpc) is 2.71. The van der Waals surface area contributed by atoms with Crippen LogP contribution in [-0.4, -0.2) is 20.6 Å². The lowest BCUT2D eigenvalue weighted by molar-refractivity contribution is 0.120. The van der Waals surface area contributed by atoms with Crippen molar-refractivity contribution in [3.8, 4) is 5.75 Å². The zero-order chi connectivity index (χ0) is 21.7. The molecular formula is C24H31BrO4S. The smallest absolute Gasteiger partial charge is 0.297 e. The van der Waals surface area contributed by atoms with Crippen molar-refractivity contribution in [1.29, 1.82) is 0 Å². The minimum absolute atomic E-state index is 0.223. The highest BCUT2D eigenvalue weighted by Crippen LogP contribution is 2.33. The van der Waals surface area contributed by atoms with Gasteiger partial charge in [-0.05, 0) is 89.5 Å². The van der Waals surface area contributed by atoms with E-state index >= 15 is 0 Å². The Kier molecular flexibility index (Phi) is 7.99. The average molecular weight is 495 g/mol. The molecule has 0 amide bonds. The Labute approximate surface area is 189 Å². The van der Waals surface area contributed by atoms with E-state index in [1.807, 2.05) is 32.0 Å². The number of aryl methyl sites for hydroxylation is 1. The second-order valence-electron chi connectivity index (χ2n) is 8.37. The number of halogens is 1. The molecule has 0 aliphatic heterocycles. The van der Waals surface area contributed by atoms with E-state index in [1.54, 1.807) is 24.3 Å². The van der Waals surface area contributed by atoms with E-state index in [9.17, 15) is 8.42 Å². The SMILES string of the molecule is Cc1ccc(S(=O)(=O)OC(C)CCC2CCC(Oc3cccc(Br)c3C)CC2)cc1. The summed E-state index contributed by atoms with van der Waals surface area (Å²) in [6.45, 7) is 5.84. The fraction of sp³-hybridized carbons (Fsp3) is 0.500. The van der Waals surface area contributed by atoms with E-state index in [1.165, 1.54) is 0 Å². The lowest BCUT2D eigenvalue weighted by Crippen LogP contribution is -2.25. The van der Waals surface area contributed by atoms with E-state index in [-0.39, 0.29) is 17.1 Å². The molecule has 1 aliphatic carbocycles. The first-order valence-electron chi connectivity index (χ1n) is 10.7. The lowest BCUT2D eigenvalue weighted by Gasteiger charge is -2.30. The topological polar surface area (TPSA) is 52.6 Å². The Morgan fingerprint density at radius 2 is 1.70 bits per heavy atom. The van der Waals surface area contributed by atoms with Crippen molar-refractivity contribution in [3.63, 3.8) is 0 Å². The van der Waals surface area contributed by atoms with Gasteiger partial charge in [-0.3, -0.25) is 4.18 Å². The maximum atomic E-state index is 12.4. The van der Waals surface area contributed by atoms with Crippen molar-refractivity contribution in [2.24, 2.45) is 5.92 Å². The largest absolute Gasteiger partial charge is 0.490 e. The minimum Gasteiger partial charge on any atom is -0.490 e. The monoisotopic (exact) mass is 494 g/mol. The Morgan fingerprint density at radius 3 is 2.37 bits per heavy atom. The van der Waals surface area contributed by atoms with Gasteiger partial charge in [0.15, 0.2) is 0 Å². The third kappa shape index (κ3) is 6.32. The highest BCUT2D eigenvalue weighted by molar-refractivity contribution is 9.10. The first-order valence-corrected chi connectivity index (χ1v) is 12.9. The molecule has 3 rings (SSSR count). The van der Waals surface area contributed by atoms with Crippen LogP contribution in [0.4, 0.5) is 0 Å². The first-order chi connectivity index (χ1) is 14.2. The maximum absolute atomic E-state index is 12.4. The molecule has 1 atom stereocenters. The summed E-state index contributed by atoms with van der Waals surface area (Å²) in [6.07, 6.45) is 5.93. The normalized spacial score (nSPS) is 20.7. The van der Waals surface area contributed by atoms with Crippen LogP contribution in [0.5, 0.6) is 5.75 Å². The van der Waals surface area contributed by atoms with Gasteiger partial charge in [-0.1, -0.05) is 39.7 Å². The molecule has 0 radical (unpaired) electrons. The van der Waals surface area contributed by atoms with Gasteiger partial charge in [0.25, 0.3) is 10.1 Å². The van der Waals surface area contributed by atoms with Crippen molar-refractivity contribution >= 4 is 26.0 Å². The first kappa shape index (κ1) is 23.3. The Balaban J connectivity index is 1.43. The molecule has 4 nitrogen and oxygen atoms in total. The van der Waals surface area contributed by atoms with Gasteiger partial charge in [0.1, 0.15) is 5.75 Å². The molecule has 0 heterocycles. The van der Waals surface area contributed by atoms with Crippen LogP contribution in [0.1, 0.15) is 56.6 Å². The summed E-state index contributed by atoms with van der Waals surface area (Å²) in [6, 6.07) is 12.8. The number of benzene rings is 2. The highest BCUT2D eigenvalue weighted by atomic mass is 79.9. The van der Waals surface area contributed by atoms with E-state index in [0.717, 1.165) is 59.9 Å². The molecule has 2 aromatic carbocycles. The highest BCUT2D eigenvalue weighted by Gasteiger charge is 2.25. The second-order valence-corrected chi connectivity index (χ2v) is 10.8. The Bertz CT molecular complexity index is 932. The van der Waals surface area contributed by atoms with E-state index in [4.69, 9.17) is 8.92 Å². The molecule has 0 aromatic heterocycles. The Hall–Kier alpha value is -1.37. The van der Waals surface area contributed by atoms with Gasteiger partial charge in [0, 0.05) is 10.0 Å². The van der Waals surface area contributed by atoms with Crippen LogP contribution in [0.3, 0.4) is 0 Å². The minimum atomic E-state index is -3.70. The summed E-state index contributed by atoms with van der Waals surface area (Å²) in [4.78, 5) is 0.223. The van der Waals surface area contributed by atoms with Crippen LogP contribution in [0, 0.1) is 19.8 Å². The molecule has 2 aromatic rings. The molecule has 0 spiro atoms. The molecule has 1 fully saturated rings. The summed E-state index contributed by atoms with van der Waals surface area (Å²) in [5, 5.41) is 0. The van der Waals surface area contributed by atoms with E-state index in [0.29, 0.717) is 5.92 Å². The van der Waals surface area contributed by atoms with Gasteiger partial charge in [-0.2, -0.15) is 8.42 Å². The molecule has 0 bridgehead atoms. The lowest BCUT2D eigenvalue weighted by atomic mass is 9.84. The van der Waals surface area contributed by atoms with E-state index in [2.05, 4.69) is 22.9 Å². The summed E-state index contributed by atoms with van der Waals surface area (Å²) in [5.74, 6) is 1.55. The number of ether oxygens (including phenoxy) is 1. The second kappa shape index (κ2) is 10.3. The van der Waals surface area contributed by atoms with Crippen LogP contribution in [0.25, 0.3) is 0 Å². The third-order valence-electron chi connectivity index (χ3n) is 5.89. The van der Waals surface area contributed by atoms with Crippen LogP contribution < -0.4 is 4.74 Å². The van der Waals surface area contributed by atoms with Gasteiger partial charge >= 0.3 is 0 Å². The molecule has 0 N–H and O–H groups in total. The van der Waals surface area contributed by atoms with Crippen LogP contribution in [0.15, 0.2) is 51.8 Å². The number of hydrogen-bond donors (Lipinski definition) is 0. The number of hydrogen-bond acceptors (Lipinski definition) is 4. The molecular weight excluding hydrogens is 464 g/mol. The molecule has 30 heavy (non-hydrogen) atoms. The van der Waals surface area contributed by atoms with Crippen LogP contribution >= 0.6 is 15.9 Å². The summed E-state index contributed by atoms with van der Waals surface area (Å²) in [5.41, 5.74) is 2.16. The maximum Gasteiger partial charge on any atom is 0.297 e. The summed E-state index contributed by atoms with van der Waals surface area (Å²) >= 11 is 3.56. The molecule has 1 unspecified atom stereocenters. The molecule has 6 heteroatoms. The quantitative estimate of drug-likeness (QED) is 0.389. The molecule has 1 saturated carbocycles. The van der Waals surface area contributed by atoms with Gasteiger partial charge in [-0.25, -0.2) is 0 Å². The third-order valence-corrected chi connectivity index (χ3v) is 8.18. The van der Waals surface area contributed by atoms with Crippen molar-refractivity contribution in [1.82, 2.24) is 0 Å². The van der Waals surface area contributed by atoms with Gasteiger partial charge in [0.05, 0.1) is 17.1 Å². The van der Waals surface area contributed by atoms with Crippen molar-refractivity contribution in [3.05, 3.63) is 58.1 Å². The van der Waals surface area contributed by atoms with Crippen molar-refractivity contribution in [2.45, 2.75) is 76.4 Å².